The van der Waals surface area contributed by atoms with Gasteiger partial charge >= 0.3 is 5.97 Å². The molecule has 16 heavy (non-hydrogen) atoms. The molecule has 0 aromatic rings. The van der Waals surface area contributed by atoms with Gasteiger partial charge in [0.25, 0.3) is 0 Å². The molecule has 0 aromatic heterocycles. The molecular weight excluding hydrogens is 206 g/mol. The SMILES string of the molecule is CCC(C)C(=O)N1CC(C(=O)O)CCC1C. The Hall–Kier alpha value is -1.06. The summed E-state index contributed by atoms with van der Waals surface area (Å²) in [6.45, 7) is 6.25. The van der Waals surface area contributed by atoms with Crippen LogP contribution in [0, 0.1) is 11.8 Å². The first-order valence-corrected chi connectivity index (χ1v) is 6.00. The number of carbonyl (C=O) groups excluding carboxylic acids is 1. The number of piperidine rings is 1. The van der Waals surface area contributed by atoms with Gasteiger partial charge in [-0.05, 0) is 26.2 Å². The average molecular weight is 227 g/mol. The normalized spacial score (nSPS) is 27.6. The van der Waals surface area contributed by atoms with Crippen molar-refractivity contribution in [1.82, 2.24) is 4.90 Å². The van der Waals surface area contributed by atoms with E-state index in [1.165, 1.54) is 0 Å². The first kappa shape index (κ1) is 13.0. The lowest BCUT2D eigenvalue weighted by atomic mass is 9.92. The average Bonchev–Trinajstić information content (AvgIpc) is 2.27. The van der Waals surface area contributed by atoms with Crippen molar-refractivity contribution in [3.63, 3.8) is 0 Å². The maximum atomic E-state index is 12.0. The smallest absolute Gasteiger partial charge is 0.308 e. The zero-order valence-corrected chi connectivity index (χ0v) is 10.3. The molecule has 1 N–H and O–H groups in total. The molecule has 1 rings (SSSR count). The van der Waals surface area contributed by atoms with Crippen LogP contribution in [0.3, 0.4) is 0 Å². The van der Waals surface area contributed by atoms with Crippen LogP contribution in [0.1, 0.15) is 40.0 Å². The summed E-state index contributed by atoms with van der Waals surface area (Å²) in [5.74, 6) is -1.07. The lowest BCUT2D eigenvalue weighted by molar-refractivity contribution is -0.148. The summed E-state index contributed by atoms with van der Waals surface area (Å²) in [6.07, 6.45) is 2.28. The molecule has 1 saturated heterocycles. The second-order valence-electron chi connectivity index (χ2n) is 4.76. The first-order valence-electron chi connectivity index (χ1n) is 6.00. The maximum absolute atomic E-state index is 12.0. The molecule has 3 atom stereocenters. The topological polar surface area (TPSA) is 57.6 Å². The first-order chi connectivity index (χ1) is 7.47. The van der Waals surface area contributed by atoms with E-state index >= 15 is 0 Å². The van der Waals surface area contributed by atoms with Crippen LogP contribution in [-0.2, 0) is 9.59 Å². The van der Waals surface area contributed by atoms with Crippen LogP contribution in [0.5, 0.6) is 0 Å². The highest BCUT2D eigenvalue weighted by Gasteiger charge is 2.33. The summed E-state index contributed by atoms with van der Waals surface area (Å²) >= 11 is 0. The summed E-state index contributed by atoms with van der Waals surface area (Å²) in [5, 5.41) is 8.98. The van der Waals surface area contributed by atoms with E-state index in [9.17, 15) is 9.59 Å². The molecular formula is C12H21NO3. The molecule has 0 saturated carbocycles. The summed E-state index contributed by atoms with van der Waals surface area (Å²) in [4.78, 5) is 24.7. The molecule has 0 bridgehead atoms. The van der Waals surface area contributed by atoms with Crippen molar-refractivity contribution in [3.8, 4) is 0 Å². The molecule has 0 aromatic carbocycles. The number of nitrogens with zero attached hydrogens (tertiary/aromatic N) is 1. The third-order valence-corrected chi connectivity index (χ3v) is 3.55. The molecule has 0 aliphatic carbocycles. The minimum absolute atomic E-state index is 0.00463. The van der Waals surface area contributed by atoms with Gasteiger partial charge in [-0.2, -0.15) is 0 Å². The number of hydrogen-bond donors (Lipinski definition) is 1. The number of aliphatic carboxylic acids is 1. The van der Waals surface area contributed by atoms with Crippen LogP contribution in [0.25, 0.3) is 0 Å². The highest BCUT2D eigenvalue weighted by Crippen LogP contribution is 2.24. The molecule has 1 aliphatic heterocycles. The molecule has 0 radical (unpaired) electrons. The standard InChI is InChI=1S/C12H21NO3/c1-4-8(2)11(14)13-7-10(12(15)16)6-5-9(13)3/h8-10H,4-7H2,1-3H3,(H,15,16). The Balaban J connectivity index is 2.69. The van der Waals surface area contributed by atoms with E-state index in [4.69, 9.17) is 5.11 Å². The van der Waals surface area contributed by atoms with Gasteiger partial charge in [0.05, 0.1) is 5.92 Å². The van der Waals surface area contributed by atoms with E-state index in [1.54, 1.807) is 4.90 Å². The predicted molar refractivity (Wildman–Crippen MR) is 61.0 cm³/mol. The largest absolute Gasteiger partial charge is 0.481 e. The van der Waals surface area contributed by atoms with Crippen LogP contribution in [0.4, 0.5) is 0 Å². The van der Waals surface area contributed by atoms with Crippen LogP contribution in [-0.4, -0.2) is 34.5 Å². The summed E-state index contributed by atoms with van der Waals surface area (Å²) in [5.41, 5.74) is 0. The van der Waals surface area contributed by atoms with Gasteiger partial charge in [-0.15, -0.1) is 0 Å². The lowest BCUT2D eigenvalue weighted by Crippen LogP contribution is -2.49. The Morgan fingerprint density at radius 1 is 1.44 bits per heavy atom. The van der Waals surface area contributed by atoms with Gasteiger partial charge in [-0.25, -0.2) is 0 Å². The zero-order chi connectivity index (χ0) is 12.3. The van der Waals surface area contributed by atoms with Gasteiger partial charge in [0.2, 0.25) is 5.91 Å². The van der Waals surface area contributed by atoms with Gasteiger partial charge in [0, 0.05) is 18.5 Å². The van der Waals surface area contributed by atoms with Crippen molar-refractivity contribution >= 4 is 11.9 Å². The molecule has 1 aliphatic rings. The van der Waals surface area contributed by atoms with Gasteiger partial charge in [-0.3, -0.25) is 9.59 Å². The Labute approximate surface area is 96.6 Å². The molecule has 4 nitrogen and oxygen atoms in total. The monoisotopic (exact) mass is 227 g/mol. The second kappa shape index (κ2) is 5.32. The maximum Gasteiger partial charge on any atom is 0.308 e. The van der Waals surface area contributed by atoms with Crippen molar-refractivity contribution in [2.24, 2.45) is 11.8 Å². The Morgan fingerprint density at radius 3 is 2.56 bits per heavy atom. The zero-order valence-electron chi connectivity index (χ0n) is 10.3. The highest BCUT2D eigenvalue weighted by atomic mass is 16.4. The van der Waals surface area contributed by atoms with Crippen LogP contribution < -0.4 is 0 Å². The number of carbonyl (C=O) groups is 2. The fourth-order valence-electron chi connectivity index (χ4n) is 2.07. The van der Waals surface area contributed by atoms with E-state index in [0.717, 1.165) is 12.8 Å². The van der Waals surface area contributed by atoms with Crippen molar-refractivity contribution < 1.29 is 14.7 Å². The highest BCUT2D eigenvalue weighted by molar-refractivity contribution is 5.80. The van der Waals surface area contributed by atoms with E-state index in [-0.39, 0.29) is 23.8 Å². The third kappa shape index (κ3) is 2.74. The molecule has 4 heteroatoms. The van der Waals surface area contributed by atoms with E-state index in [2.05, 4.69) is 0 Å². The van der Waals surface area contributed by atoms with Gasteiger partial charge in [0.15, 0.2) is 0 Å². The molecule has 1 fully saturated rings. The minimum atomic E-state index is -0.783. The van der Waals surface area contributed by atoms with Crippen molar-refractivity contribution in [2.45, 2.75) is 46.1 Å². The number of carboxylic acid groups (broad SMARTS) is 1. The van der Waals surface area contributed by atoms with Gasteiger partial charge < -0.3 is 10.0 Å². The summed E-state index contributed by atoms with van der Waals surface area (Å²) in [7, 11) is 0. The van der Waals surface area contributed by atoms with Crippen molar-refractivity contribution in [1.29, 1.82) is 0 Å². The summed E-state index contributed by atoms with van der Waals surface area (Å²) in [6, 6.07) is 0.178. The number of likely N-dealkylation sites (tertiary alicyclic amines) is 1. The lowest BCUT2D eigenvalue weighted by Gasteiger charge is -2.37. The quantitative estimate of drug-likeness (QED) is 0.799. The number of rotatable bonds is 3. The van der Waals surface area contributed by atoms with Crippen LogP contribution >= 0.6 is 0 Å². The molecule has 92 valence electrons. The van der Waals surface area contributed by atoms with E-state index in [1.807, 2.05) is 20.8 Å². The Bertz CT molecular complexity index is 277. The van der Waals surface area contributed by atoms with Crippen molar-refractivity contribution in [3.05, 3.63) is 0 Å². The number of hydrogen-bond acceptors (Lipinski definition) is 2. The predicted octanol–water partition coefficient (Wildman–Crippen LogP) is 1.74. The fraction of sp³-hybridized carbons (Fsp3) is 0.833. The second-order valence-corrected chi connectivity index (χ2v) is 4.76. The van der Waals surface area contributed by atoms with Crippen LogP contribution in [0.15, 0.2) is 0 Å². The van der Waals surface area contributed by atoms with E-state index in [0.29, 0.717) is 13.0 Å². The van der Waals surface area contributed by atoms with Gasteiger partial charge in [-0.1, -0.05) is 13.8 Å². The number of carboxylic acids is 1. The van der Waals surface area contributed by atoms with Gasteiger partial charge in [0.1, 0.15) is 0 Å². The summed E-state index contributed by atoms with van der Waals surface area (Å²) < 4.78 is 0. The van der Waals surface area contributed by atoms with Crippen molar-refractivity contribution in [2.75, 3.05) is 6.54 Å². The minimum Gasteiger partial charge on any atom is -0.481 e. The van der Waals surface area contributed by atoms with Crippen LogP contribution in [0.2, 0.25) is 0 Å². The van der Waals surface area contributed by atoms with E-state index < -0.39 is 5.97 Å². The molecule has 0 spiro atoms. The molecule has 1 heterocycles. The Morgan fingerprint density at radius 2 is 2.06 bits per heavy atom. The third-order valence-electron chi connectivity index (χ3n) is 3.55. The number of amides is 1. The molecule has 3 unspecified atom stereocenters. The molecule has 1 amide bonds. The Kier molecular flexibility index (Phi) is 4.33. The fourth-order valence-corrected chi connectivity index (χ4v) is 2.07.